The second kappa shape index (κ2) is 6.75. The Morgan fingerprint density at radius 2 is 2.07 bits per heavy atom. The van der Waals surface area contributed by atoms with Crippen LogP contribution in [-0.2, 0) is 4.74 Å². The third-order valence-electron chi connectivity index (χ3n) is 1.82. The van der Waals surface area contributed by atoms with Gasteiger partial charge in [0.25, 0.3) is 0 Å². The number of hydrogen-bond acceptors (Lipinski definition) is 3. The predicted molar refractivity (Wildman–Crippen MR) is 63.8 cm³/mol. The van der Waals surface area contributed by atoms with E-state index in [-0.39, 0.29) is 5.97 Å². The second-order valence-corrected chi connectivity index (χ2v) is 4.45. The van der Waals surface area contributed by atoms with Crippen LogP contribution in [0, 0.1) is 0 Å². The number of ether oxygens (including phenoxy) is 1. The number of methoxy groups -OCH3 is 1. The van der Waals surface area contributed by atoms with Gasteiger partial charge in [0.05, 0.1) is 12.7 Å². The lowest BCUT2D eigenvalue weighted by molar-refractivity contribution is 0.0600. The molecule has 1 rings (SSSR count). The lowest BCUT2D eigenvalue weighted by Gasteiger charge is -2.02. The van der Waals surface area contributed by atoms with Gasteiger partial charge in [-0.25, -0.2) is 4.79 Å². The molecule has 0 spiro atoms. The standard InChI is InChI=1S/C11H13ClO2S/c1-14-11(13)9-3-5-10(6-4-9)15-8-2-7-12/h3-6H,2,7-8H2,1H3. The predicted octanol–water partition coefficient (Wildman–Crippen LogP) is 3.19. The fourth-order valence-corrected chi connectivity index (χ4v) is 2.19. The minimum atomic E-state index is -0.299. The molecule has 0 saturated heterocycles. The Bertz CT molecular complexity index is 311. The van der Waals surface area contributed by atoms with Gasteiger partial charge in [-0.1, -0.05) is 0 Å². The van der Waals surface area contributed by atoms with Crippen LogP contribution < -0.4 is 0 Å². The molecule has 0 saturated carbocycles. The number of alkyl halides is 1. The first-order valence-electron chi connectivity index (χ1n) is 4.65. The normalized spacial score (nSPS) is 10.0. The van der Waals surface area contributed by atoms with Gasteiger partial charge in [0.1, 0.15) is 0 Å². The van der Waals surface area contributed by atoms with Crippen molar-refractivity contribution in [2.45, 2.75) is 11.3 Å². The molecule has 0 atom stereocenters. The summed E-state index contributed by atoms with van der Waals surface area (Å²) in [5, 5.41) is 0. The zero-order valence-electron chi connectivity index (χ0n) is 8.53. The fourth-order valence-electron chi connectivity index (χ4n) is 1.05. The first-order chi connectivity index (χ1) is 7.27. The highest BCUT2D eigenvalue weighted by Gasteiger charge is 2.03. The highest BCUT2D eigenvalue weighted by Crippen LogP contribution is 2.19. The van der Waals surface area contributed by atoms with Crippen LogP contribution in [0.15, 0.2) is 29.2 Å². The number of esters is 1. The van der Waals surface area contributed by atoms with E-state index in [4.69, 9.17) is 11.6 Å². The summed E-state index contributed by atoms with van der Waals surface area (Å²) in [4.78, 5) is 12.3. The molecule has 0 N–H and O–H groups in total. The summed E-state index contributed by atoms with van der Waals surface area (Å²) in [6, 6.07) is 7.39. The lowest BCUT2D eigenvalue weighted by atomic mass is 10.2. The van der Waals surface area contributed by atoms with E-state index in [2.05, 4.69) is 4.74 Å². The Labute approximate surface area is 99.0 Å². The van der Waals surface area contributed by atoms with Gasteiger partial charge in [-0.3, -0.25) is 0 Å². The topological polar surface area (TPSA) is 26.3 Å². The van der Waals surface area contributed by atoms with Crippen molar-refractivity contribution in [3.8, 4) is 0 Å². The molecule has 0 bridgehead atoms. The van der Waals surface area contributed by atoms with Crippen LogP contribution in [0.3, 0.4) is 0 Å². The number of hydrogen-bond donors (Lipinski definition) is 0. The number of benzene rings is 1. The zero-order valence-corrected chi connectivity index (χ0v) is 10.1. The van der Waals surface area contributed by atoms with Crippen LogP contribution in [-0.4, -0.2) is 24.7 Å². The van der Waals surface area contributed by atoms with E-state index in [0.717, 1.165) is 17.1 Å². The third-order valence-corrected chi connectivity index (χ3v) is 3.19. The van der Waals surface area contributed by atoms with Gasteiger partial charge in [-0.2, -0.15) is 0 Å². The van der Waals surface area contributed by atoms with Crippen molar-refractivity contribution in [2.75, 3.05) is 18.7 Å². The molecule has 0 unspecified atom stereocenters. The molecular formula is C11H13ClO2S. The van der Waals surface area contributed by atoms with Gasteiger partial charge in [-0.05, 0) is 36.4 Å². The second-order valence-electron chi connectivity index (χ2n) is 2.91. The molecule has 0 amide bonds. The SMILES string of the molecule is COC(=O)c1ccc(SCCCCl)cc1. The molecular weight excluding hydrogens is 232 g/mol. The van der Waals surface area contributed by atoms with Crippen LogP contribution in [0.2, 0.25) is 0 Å². The van der Waals surface area contributed by atoms with E-state index >= 15 is 0 Å². The van der Waals surface area contributed by atoms with Gasteiger partial charge >= 0.3 is 5.97 Å². The maximum Gasteiger partial charge on any atom is 0.337 e. The van der Waals surface area contributed by atoms with Gasteiger partial charge in [-0.15, -0.1) is 23.4 Å². The van der Waals surface area contributed by atoms with Crippen molar-refractivity contribution < 1.29 is 9.53 Å². The number of thioether (sulfide) groups is 1. The van der Waals surface area contributed by atoms with E-state index in [1.54, 1.807) is 23.9 Å². The van der Waals surface area contributed by atoms with Gasteiger partial charge in [0.2, 0.25) is 0 Å². The van der Waals surface area contributed by atoms with E-state index < -0.39 is 0 Å². The van der Waals surface area contributed by atoms with E-state index in [9.17, 15) is 4.79 Å². The van der Waals surface area contributed by atoms with Crippen LogP contribution in [0.5, 0.6) is 0 Å². The number of carbonyl (C=O) groups is 1. The quantitative estimate of drug-likeness (QED) is 0.344. The van der Waals surface area contributed by atoms with Crippen LogP contribution in [0.1, 0.15) is 16.8 Å². The molecule has 0 radical (unpaired) electrons. The largest absolute Gasteiger partial charge is 0.465 e. The van der Waals surface area contributed by atoms with Crippen molar-refractivity contribution in [3.05, 3.63) is 29.8 Å². The molecule has 1 aromatic rings. The maximum absolute atomic E-state index is 11.1. The van der Waals surface area contributed by atoms with Crippen molar-refractivity contribution in [3.63, 3.8) is 0 Å². The zero-order chi connectivity index (χ0) is 11.1. The lowest BCUT2D eigenvalue weighted by Crippen LogP contribution is -2.00. The Morgan fingerprint density at radius 1 is 1.40 bits per heavy atom. The van der Waals surface area contributed by atoms with Crippen molar-refractivity contribution in [1.82, 2.24) is 0 Å². The highest BCUT2D eigenvalue weighted by atomic mass is 35.5. The third kappa shape index (κ3) is 4.14. The summed E-state index contributed by atoms with van der Waals surface area (Å²) in [5.41, 5.74) is 0.583. The molecule has 82 valence electrons. The fraction of sp³-hybridized carbons (Fsp3) is 0.364. The molecule has 4 heteroatoms. The van der Waals surface area contributed by atoms with Crippen molar-refractivity contribution in [2.24, 2.45) is 0 Å². The summed E-state index contributed by atoms with van der Waals surface area (Å²) in [6.07, 6.45) is 0.991. The van der Waals surface area contributed by atoms with Gasteiger partial charge in [0, 0.05) is 10.8 Å². The first kappa shape index (κ1) is 12.4. The van der Waals surface area contributed by atoms with Crippen LogP contribution in [0.4, 0.5) is 0 Å². The van der Waals surface area contributed by atoms with Crippen LogP contribution >= 0.6 is 23.4 Å². The molecule has 15 heavy (non-hydrogen) atoms. The minimum Gasteiger partial charge on any atom is -0.465 e. The highest BCUT2D eigenvalue weighted by molar-refractivity contribution is 7.99. The summed E-state index contributed by atoms with van der Waals surface area (Å²) in [7, 11) is 1.38. The van der Waals surface area contributed by atoms with Crippen LogP contribution in [0.25, 0.3) is 0 Å². The van der Waals surface area contributed by atoms with E-state index in [1.165, 1.54) is 7.11 Å². The molecule has 0 aromatic heterocycles. The minimum absolute atomic E-state index is 0.299. The van der Waals surface area contributed by atoms with Gasteiger partial charge < -0.3 is 4.74 Å². The Hall–Kier alpha value is -0.670. The number of carbonyl (C=O) groups excluding carboxylic acids is 1. The summed E-state index contributed by atoms with van der Waals surface area (Å²) < 4.78 is 4.61. The molecule has 0 fully saturated rings. The molecule has 1 aromatic carbocycles. The smallest absolute Gasteiger partial charge is 0.337 e. The monoisotopic (exact) mass is 244 g/mol. The Morgan fingerprint density at radius 3 is 2.60 bits per heavy atom. The van der Waals surface area contributed by atoms with E-state index in [1.807, 2.05) is 12.1 Å². The maximum atomic E-state index is 11.1. The molecule has 2 nitrogen and oxygen atoms in total. The summed E-state index contributed by atoms with van der Waals surface area (Å²) in [5.74, 6) is 1.39. The Kier molecular flexibility index (Phi) is 5.58. The average Bonchev–Trinajstić information content (AvgIpc) is 2.29. The molecule has 0 aliphatic rings. The average molecular weight is 245 g/mol. The van der Waals surface area contributed by atoms with E-state index in [0.29, 0.717) is 11.4 Å². The number of rotatable bonds is 5. The summed E-state index contributed by atoms with van der Waals surface area (Å²) >= 11 is 7.32. The van der Waals surface area contributed by atoms with Crippen molar-refractivity contribution in [1.29, 1.82) is 0 Å². The first-order valence-corrected chi connectivity index (χ1v) is 6.17. The summed E-state index contributed by atoms with van der Waals surface area (Å²) in [6.45, 7) is 0. The molecule has 0 heterocycles. The van der Waals surface area contributed by atoms with Crippen molar-refractivity contribution >= 4 is 29.3 Å². The number of halogens is 1. The molecule has 0 aliphatic heterocycles. The Balaban J connectivity index is 2.52. The molecule has 0 aliphatic carbocycles. The van der Waals surface area contributed by atoms with Gasteiger partial charge in [0.15, 0.2) is 0 Å².